The summed E-state index contributed by atoms with van der Waals surface area (Å²) in [4.78, 5) is 13.1. The molecule has 1 aliphatic carbocycles. The normalized spacial score (nSPS) is 17.4. The van der Waals surface area contributed by atoms with Crippen LogP contribution >= 0.6 is 11.6 Å². The van der Waals surface area contributed by atoms with Crippen LogP contribution in [-0.4, -0.2) is 38.2 Å². The van der Waals surface area contributed by atoms with Gasteiger partial charge >= 0.3 is 0 Å². The molecular formula is C15H22ClN2O2+. The largest absolute Gasteiger partial charge is 0.488 e. The Hall–Kier alpha value is -1.26. The molecule has 1 unspecified atom stereocenters. The molecule has 110 valence electrons. The lowest BCUT2D eigenvalue weighted by atomic mass is 10.2. The number of halogens is 1. The van der Waals surface area contributed by atoms with Crippen molar-refractivity contribution in [1.29, 1.82) is 0 Å². The highest BCUT2D eigenvalue weighted by molar-refractivity contribution is 6.30. The maximum atomic E-state index is 11.9. The molecule has 2 N–H and O–H groups in total. The fourth-order valence-electron chi connectivity index (χ4n) is 1.85. The number of hydrogen-bond acceptors (Lipinski definition) is 2. The Kier molecular flexibility index (Phi) is 5.26. The first-order valence-corrected chi connectivity index (χ1v) is 7.45. The minimum Gasteiger partial charge on any atom is -0.488 e. The van der Waals surface area contributed by atoms with Crippen molar-refractivity contribution in [1.82, 2.24) is 5.32 Å². The summed E-state index contributed by atoms with van der Waals surface area (Å²) in [6.45, 7) is 3.31. The van der Waals surface area contributed by atoms with Gasteiger partial charge in [0.15, 0.2) is 6.04 Å². The van der Waals surface area contributed by atoms with Crippen molar-refractivity contribution in [3.63, 3.8) is 0 Å². The molecule has 0 radical (unpaired) electrons. The van der Waals surface area contributed by atoms with Crippen molar-refractivity contribution < 1.29 is 14.4 Å². The SMILES string of the molecule is C[C@H](C(=O)NC1CC1)[NH+](C)CCOc1ccc(Cl)cc1. The maximum absolute atomic E-state index is 11.9. The van der Waals surface area contributed by atoms with Gasteiger partial charge in [0, 0.05) is 11.1 Å². The predicted octanol–water partition coefficient (Wildman–Crippen LogP) is 0.901. The van der Waals surface area contributed by atoms with E-state index in [0.717, 1.165) is 30.0 Å². The summed E-state index contributed by atoms with van der Waals surface area (Å²) in [6.07, 6.45) is 2.24. The van der Waals surface area contributed by atoms with Gasteiger partial charge in [0.05, 0.1) is 7.05 Å². The molecular weight excluding hydrogens is 276 g/mol. The molecule has 0 bridgehead atoms. The third-order valence-corrected chi connectivity index (χ3v) is 3.89. The molecule has 1 aliphatic rings. The first-order valence-electron chi connectivity index (χ1n) is 7.07. The molecule has 2 rings (SSSR count). The van der Waals surface area contributed by atoms with Crippen molar-refractivity contribution >= 4 is 17.5 Å². The minimum atomic E-state index is -0.0515. The average molecular weight is 298 g/mol. The third-order valence-electron chi connectivity index (χ3n) is 3.63. The maximum Gasteiger partial charge on any atom is 0.278 e. The summed E-state index contributed by atoms with van der Waals surface area (Å²) < 4.78 is 5.64. The smallest absolute Gasteiger partial charge is 0.278 e. The van der Waals surface area contributed by atoms with E-state index in [1.165, 1.54) is 0 Å². The van der Waals surface area contributed by atoms with E-state index in [1.54, 1.807) is 12.1 Å². The van der Waals surface area contributed by atoms with Gasteiger partial charge in [0.2, 0.25) is 0 Å². The van der Waals surface area contributed by atoms with Crippen LogP contribution < -0.4 is 15.0 Å². The number of benzene rings is 1. The number of likely N-dealkylation sites (N-methyl/N-ethyl adjacent to an activating group) is 1. The summed E-state index contributed by atoms with van der Waals surface area (Å²) >= 11 is 5.82. The number of rotatable bonds is 7. The van der Waals surface area contributed by atoms with Gasteiger partial charge in [0.25, 0.3) is 5.91 Å². The number of ether oxygens (including phenoxy) is 1. The fourth-order valence-corrected chi connectivity index (χ4v) is 1.98. The van der Waals surface area contributed by atoms with Crippen LogP contribution in [-0.2, 0) is 4.79 Å². The van der Waals surface area contributed by atoms with E-state index >= 15 is 0 Å². The lowest BCUT2D eigenvalue weighted by Gasteiger charge is -2.21. The molecule has 1 amide bonds. The van der Waals surface area contributed by atoms with E-state index in [0.29, 0.717) is 17.7 Å². The van der Waals surface area contributed by atoms with E-state index in [4.69, 9.17) is 16.3 Å². The van der Waals surface area contributed by atoms with E-state index in [9.17, 15) is 4.79 Å². The van der Waals surface area contributed by atoms with Gasteiger partial charge in [-0.15, -0.1) is 0 Å². The molecule has 1 saturated carbocycles. The van der Waals surface area contributed by atoms with Crippen LogP contribution in [0.25, 0.3) is 0 Å². The van der Waals surface area contributed by atoms with Crippen molar-refractivity contribution in [3.05, 3.63) is 29.3 Å². The quantitative estimate of drug-likeness (QED) is 0.785. The van der Waals surface area contributed by atoms with Crippen molar-refractivity contribution in [2.24, 2.45) is 0 Å². The number of hydrogen-bond donors (Lipinski definition) is 2. The van der Waals surface area contributed by atoms with Crippen LogP contribution in [0.2, 0.25) is 5.02 Å². The standard InChI is InChI=1S/C15H21ClN2O2/c1-11(15(19)17-13-5-6-13)18(2)9-10-20-14-7-3-12(16)4-8-14/h3-4,7-8,11,13H,5-6,9-10H2,1-2H3,(H,17,19)/p+1/t11-/m1/s1. The molecule has 0 spiro atoms. The molecule has 2 atom stereocenters. The Morgan fingerprint density at radius 3 is 2.70 bits per heavy atom. The van der Waals surface area contributed by atoms with Gasteiger partial charge in [-0.25, -0.2) is 0 Å². The molecule has 0 saturated heterocycles. The average Bonchev–Trinajstić information content (AvgIpc) is 3.24. The summed E-state index contributed by atoms with van der Waals surface area (Å²) in [5.74, 6) is 0.939. The summed E-state index contributed by atoms with van der Waals surface area (Å²) in [5.41, 5.74) is 0. The molecule has 1 fully saturated rings. The van der Waals surface area contributed by atoms with Crippen LogP contribution in [0.5, 0.6) is 5.75 Å². The highest BCUT2D eigenvalue weighted by Gasteiger charge is 2.28. The zero-order chi connectivity index (χ0) is 14.5. The highest BCUT2D eigenvalue weighted by Crippen LogP contribution is 2.18. The first kappa shape index (κ1) is 15.1. The predicted molar refractivity (Wildman–Crippen MR) is 79.3 cm³/mol. The Morgan fingerprint density at radius 1 is 1.45 bits per heavy atom. The molecule has 5 heteroatoms. The Balaban J connectivity index is 1.69. The summed E-state index contributed by atoms with van der Waals surface area (Å²) in [7, 11) is 2.02. The van der Waals surface area contributed by atoms with E-state index in [2.05, 4.69) is 5.32 Å². The monoisotopic (exact) mass is 297 g/mol. The van der Waals surface area contributed by atoms with Gasteiger partial charge in [0.1, 0.15) is 18.9 Å². The number of carbonyl (C=O) groups excluding carboxylic acids is 1. The number of nitrogens with one attached hydrogen (secondary N) is 2. The molecule has 0 aliphatic heterocycles. The lowest BCUT2D eigenvalue weighted by molar-refractivity contribution is -0.894. The fraction of sp³-hybridized carbons (Fsp3) is 0.533. The van der Waals surface area contributed by atoms with Crippen LogP contribution in [0.4, 0.5) is 0 Å². The Labute approximate surface area is 125 Å². The minimum absolute atomic E-state index is 0.0515. The third kappa shape index (κ3) is 4.69. The zero-order valence-electron chi connectivity index (χ0n) is 12.0. The number of quaternary nitrogens is 1. The molecule has 1 aromatic rings. The highest BCUT2D eigenvalue weighted by atomic mass is 35.5. The molecule has 0 heterocycles. The first-order chi connectivity index (χ1) is 9.56. The Morgan fingerprint density at radius 2 is 2.10 bits per heavy atom. The van der Waals surface area contributed by atoms with Gasteiger partial charge < -0.3 is 15.0 Å². The van der Waals surface area contributed by atoms with E-state index < -0.39 is 0 Å². The van der Waals surface area contributed by atoms with Crippen molar-refractivity contribution in [3.8, 4) is 5.75 Å². The second kappa shape index (κ2) is 6.95. The van der Waals surface area contributed by atoms with Crippen LogP contribution in [0.1, 0.15) is 19.8 Å². The van der Waals surface area contributed by atoms with Crippen LogP contribution in [0, 0.1) is 0 Å². The Bertz CT molecular complexity index is 446. The van der Waals surface area contributed by atoms with Crippen LogP contribution in [0.15, 0.2) is 24.3 Å². The topological polar surface area (TPSA) is 42.8 Å². The number of carbonyl (C=O) groups is 1. The molecule has 1 aromatic carbocycles. The van der Waals surface area contributed by atoms with Gasteiger partial charge in [-0.1, -0.05) is 11.6 Å². The summed E-state index contributed by atoms with van der Waals surface area (Å²) in [6, 6.07) is 7.67. The lowest BCUT2D eigenvalue weighted by Crippen LogP contribution is -3.14. The zero-order valence-corrected chi connectivity index (χ0v) is 12.7. The van der Waals surface area contributed by atoms with Gasteiger partial charge in [-0.3, -0.25) is 4.79 Å². The van der Waals surface area contributed by atoms with Crippen molar-refractivity contribution in [2.45, 2.75) is 31.8 Å². The van der Waals surface area contributed by atoms with Crippen molar-refractivity contribution in [2.75, 3.05) is 20.2 Å². The number of amides is 1. The summed E-state index contributed by atoms with van der Waals surface area (Å²) in [5, 5.41) is 3.73. The van der Waals surface area contributed by atoms with E-state index in [1.807, 2.05) is 26.1 Å². The second-order valence-electron chi connectivity index (χ2n) is 5.40. The molecule has 4 nitrogen and oxygen atoms in total. The molecule has 20 heavy (non-hydrogen) atoms. The van der Waals surface area contributed by atoms with Gasteiger partial charge in [-0.05, 0) is 44.0 Å². The van der Waals surface area contributed by atoms with E-state index in [-0.39, 0.29) is 11.9 Å². The van der Waals surface area contributed by atoms with Gasteiger partial charge in [-0.2, -0.15) is 0 Å². The second-order valence-corrected chi connectivity index (χ2v) is 5.84. The molecule has 0 aromatic heterocycles. The van der Waals surface area contributed by atoms with Crippen LogP contribution in [0.3, 0.4) is 0 Å².